The second-order valence-electron chi connectivity index (χ2n) is 9.53. The van der Waals surface area contributed by atoms with Crippen LogP contribution in [-0.4, -0.2) is 4.98 Å². The lowest BCUT2D eigenvalue weighted by atomic mass is 9.82. The minimum Gasteiger partial charge on any atom is -0.255 e. The molecule has 0 saturated heterocycles. The molecule has 2 heterocycles. The van der Waals surface area contributed by atoms with Gasteiger partial charge in [-0.1, -0.05) is 83.1 Å². The summed E-state index contributed by atoms with van der Waals surface area (Å²) in [6.07, 6.45) is 2.00. The molecule has 150 valence electrons. The van der Waals surface area contributed by atoms with Crippen molar-refractivity contribution in [2.24, 2.45) is 0 Å². The fourth-order valence-corrected chi connectivity index (χ4v) is 7.65. The molecule has 2 heteroatoms. The highest BCUT2D eigenvalue weighted by atomic mass is 31.1. The standard InChI is InChI=1S/C28H28NP/c1-18(2)30-25-13-9-8-12-22(25)23-14-15-29-26(27(23)30)20-16-19-10-6-7-11-21(19)24(17-20)28(3,4)5/h6-18H,1-5H3. The van der Waals surface area contributed by atoms with Crippen LogP contribution in [0.25, 0.3) is 43.0 Å². The van der Waals surface area contributed by atoms with Crippen molar-refractivity contribution in [2.45, 2.75) is 45.7 Å². The molecule has 0 aliphatic carbocycles. The minimum absolute atomic E-state index is 0.0688. The molecule has 0 saturated carbocycles. The van der Waals surface area contributed by atoms with Crippen molar-refractivity contribution in [1.82, 2.24) is 4.98 Å². The molecule has 0 fully saturated rings. The number of fused-ring (bicyclic) bond motifs is 4. The Hall–Kier alpha value is -2.63. The second kappa shape index (κ2) is 6.96. The molecule has 30 heavy (non-hydrogen) atoms. The van der Waals surface area contributed by atoms with Gasteiger partial charge in [-0.3, -0.25) is 4.98 Å². The highest BCUT2D eigenvalue weighted by molar-refractivity contribution is 7.62. The maximum atomic E-state index is 4.98. The number of rotatable bonds is 2. The zero-order valence-electron chi connectivity index (χ0n) is 18.4. The van der Waals surface area contributed by atoms with E-state index in [9.17, 15) is 0 Å². The van der Waals surface area contributed by atoms with E-state index in [1.807, 2.05) is 6.20 Å². The molecule has 0 bridgehead atoms. The van der Waals surface area contributed by atoms with Crippen molar-refractivity contribution in [3.8, 4) is 11.3 Å². The summed E-state index contributed by atoms with van der Waals surface area (Å²) in [5, 5.41) is 8.37. The van der Waals surface area contributed by atoms with Gasteiger partial charge in [0.1, 0.15) is 0 Å². The zero-order chi connectivity index (χ0) is 21.0. The van der Waals surface area contributed by atoms with Crippen LogP contribution in [0.5, 0.6) is 0 Å². The fraction of sp³-hybridized carbons (Fsp3) is 0.250. The van der Waals surface area contributed by atoms with Crippen molar-refractivity contribution in [1.29, 1.82) is 0 Å². The number of hydrogen-bond acceptors (Lipinski definition) is 1. The van der Waals surface area contributed by atoms with E-state index >= 15 is 0 Å². The first kappa shape index (κ1) is 19.3. The molecule has 0 amide bonds. The monoisotopic (exact) mass is 409 g/mol. The smallest absolute Gasteiger partial charge is 0.0820 e. The van der Waals surface area contributed by atoms with Crippen LogP contribution >= 0.6 is 7.53 Å². The van der Waals surface area contributed by atoms with E-state index in [0.717, 1.165) is 0 Å². The van der Waals surface area contributed by atoms with Gasteiger partial charge in [-0.05, 0) is 56.4 Å². The zero-order valence-corrected chi connectivity index (χ0v) is 19.3. The van der Waals surface area contributed by atoms with E-state index in [-0.39, 0.29) is 5.41 Å². The third kappa shape index (κ3) is 2.96. The van der Waals surface area contributed by atoms with Gasteiger partial charge in [-0.15, -0.1) is 7.53 Å². The van der Waals surface area contributed by atoms with Gasteiger partial charge in [0, 0.05) is 22.0 Å². The number of benzene rings is 3. The molecule has 5 aromatic rings. The summed E-state index contributed by atoms with van der Waals surface area (Å²) in [6.45, 7) is 11.6. The lowest BCUT2D eigenvalue weighted by molar-refractivity contribution is 0.596. The Bertz CT molecular complexity index is 1400. The Balaban J connectivity index is 1.92. The highest BCUT2D eigenvalue weighted by Gasteiger charge is 2.22. The summed E-state index contributed by atoms with van der Waals surface area (Å²) in [7, 11) is -0.424. The van der Waals surface area contributed by atoms with Crippen LogP contribution in [0, 0.1) is 0 Å². The molecule has 2 aromatic heterocycles. The topological polar surface area (TPSA) is 12.9 Å². The summed E-state index contributed by atoms with van der Waals surface area (Å²) < 4.78 is 0. The Morgan fingerprint density at radius 3 is 2.23 bits per heavy atom. The Kier molecular flexibility index (Phi) is 4.49. The molecule has 5 rings (SSSR count). The molecule has 0 N–H and O–H groups in total. The molecule has 0 radical (unpaired) electrons. The average molecular weight is 410 g/mol. The minimum atomic E-state index is -0.424. The predicted molar refractivity (Wildman–Crippen MR) is 134 cm³/mol. The third-order valence-electron chi connectivity index (χ3n) is 6.08. The van der Waals surface area contributed by atoms with Gasteiger partial charge < -0.3 is 0 Å². The number of pyridine rings is 1. The van der Waals surface area contributed by atoms with Crippen molar-refractivity contribution in [3.63, 3.8) is 0 Å². The molecular formula is C28H28NP. The largest absolute Gasteiger partial charge is 0.255 e. The first-order valence-corrected chi connectivity index (χ1v) is 12.2. The van der Waals surface area contributed by atoms with Crippen LogP contribution < -0.4 is 0 Å². The second-order valence-corrected chi connectivity index (χ2v) is 12.2. The van der Waals surface area contributed by atoms with Crippen molar-refractivity contribution >= 4 is 39.3 Å². The summed E-state index contributed by atoms with van der Waals surface area (Å²) in [4.78, 5) is 4.98. The SMILES string of the molecule is CC(C)p1c2ccccc2c2ccnc(-c3cc(C(C)(C)C)c4ccccc4c3)c21. The van der Waals surface area contributed by atoms with Crippen LogP contribution in [0.4, 0.5) is 0 Å². The van der Waals surface area contributed by atoms with E-state index in [1.54, 1.807) is 0 Å². The van der Waals surface area contributed by atoms with Crippen molar-refractivity contribution < 1.29 is 0 Å². The molecule has 0 spiro atoms. The van der Waals surface area contributed by atoms with Crippen molar-refractivity contribution in [2.75, 3.05) is 0 Å². The Labute approximate surface area is 179 Å². The lowest BCUT2D eigenvalue weighted by Crippen LogP contribution is -2.12. The highest BCUT2D eigenvalue weighted by Crippen LogP contribution is 2.57. The quantitative estimate of drug-likeness (QED) is 0.283. The van der Waals surface area contributed by atoms with Crippen LogP contribution in [0.2, 0.25) is 0 Å². The van der Waals surface area contributed by atoms with E-state index < -0.39 is 7.53 Å². The molecule has 3 aromatic carbocycles. The summed E-state index contributed by atoms with van der Waals surface area (Å²) in [5.41, 5.74) is 4.45. The van der Waals surface area contributed by atoms with E-state index in [2.05, 4.69) is 101 Å². The molecular weight excluding hydrogens is 381 g/mol. The van der Waals surface area contributed by atoms with Gasteiger partial charge in [0.2, 0.25) is 0 Å². The van der Waals surface area contributed by atoms with E-state index in [0.29, 0.717) is 5.66 Å². The van der Waals surface area contributed by atoms with Gasteiger partial charge in [0.05, 0.1) is 5.69 Å². The summed E-state index contributed by atoms with van der Waals surface area (Å²) in [5.74, 6) is 0. The maximum absolute atomic E-state index is 4.98. The average Bonchev–Trinajstić information content (AvgIpc) is 3.07. The maximum Gasteiger partial charge on any atom is 0.0820 e. The normalized spacial score (nSPS) is 13.1. The predicted octanol–water partition coefficient (Wildman–Crippen LogP) is 9.07. The molecule has 1 unspecified atom stereocenters. The molecule has 0 aliphatic rings. The summed E-state index contributed by atoms with van der Waals surface area (Å²) >= 11 is 0. The number of nitrogens with zero attached hydrogens (tertiary/aromatic N) is 1. The van der Waals surface area contributed by atoms with Gasteiger partial charge in [0.25, 0.3) is 0 Å². The Morgan fingerprint density at radius 2 is 1.50 bits per heavy atom. The van der Waals surface area contributed by atoms with Gasteiger partial charge in [-0.25, -0.2) is 0 Å². The van der Waals surface area contributed by atoms with Gasteiger partial charge in [-0.2, -0.15) is 0 Å². The Morgan fingerprint density at radius 1 is 0.800 bits per heavy atom. The molecule has 0 aliphatic heterocycles. The first-order chi connectivity index (χ1) is 14.4. The molecule has 1 nitrogen and oxygen atoms in total. The molecule has 1 atom stereocenters. The first-order valence-electron chi connectivity index (χ1n) is 10.8. The van der Waals surface area contributed by atoms with Crippen LogP contribution in [0.1, 0.15) is 45.8 Å². The number of aromatic nitrogens is 1. The van der Waals surface area contributed by atoms with Crippen LogP contribution in [-0.2, 0) is 5.41 Å². The van der Waals surface area contributed by atoms with Gasteiger partial charge in [0.15, 0.2) is 0 Å². The van der Waals surface area contributed by atoms with Crippen LogP contribution in [0.3, 0.4) is 0 Å². The van der Waals surface area contributed by atoms with Gasteiger partial charge >= 0.3 is 0 Å². The van der Waals surface area contributed by atoms with Crippen molar-refractivity contribution in [3.05, 3.63) is 78.5 Å². The lowest BCUT2D eigenvalue weighted by Gasteiger charge is -2.23. The van der Waals surface area contributed by atoms with Crippen LogP contribution in [0.15, 0.2) is 72.9 Å². The number of hydrogen-bond donors (Lipinski definition) is 0. The summed E-state index contributed by atoms with van der Waals surface area (Å²) in [6, 6.07) is 24.7. The fourth-order valence-electron chi connectivity index (χ4n) is 4.76. The van der Waals surface area contributed by atoms with E-state index in [1.165, 1.54) is 48.6 Å². The third-order valence-corrected chi connectivity index (χ3v) is 8.95. The van der Waals surface area contributed by atoms with E-state index in [4.69, 9.17) is 4.98 Å².